The molecule has 4 rings (SSSR count). The summed E-state index contributed by atoms with van der Waals surface area (Å²) in [7, 11) is 1.69. The molecule has 1 amide bonds. The fraction of sp³-hybridized carbons (Fsp3) is 0.407. The van der Waals surface area contributed by atoms with Gasteiger partial charge in [-0.05, 0) is 29.8 Å². The number of rotatable bonds is 7. The van der Waals surface area contributed by atoms with E-state index in [4.69, 9.17) is 32.9 Å². The summed E-state index contributed by atoms with van der Waals surface area (Å²) in [6.07, 6.45) is 0.640. The maximum atomic E-state index is 12.9. The predicted octanol–water partition coefficient (Wildman–Crippen LogP) is 6.11. The number of halogens is 2. The maximum Gasteiger partial charge on any atom is 0.240 e. The number of para-hydroxylation sites is 2. The van der Waals surface area contributed by atoms with Gasteiger partial charge < -0.3 is 15.0 Å². The number of amides is 1. The Morgan fingerprint density at radius 3 is 2.50 bits per heavy atom. The van der Waals surface area contributed by atoms with Crippen LogP contribution in [0.5, 0.6) is 5.75 Å². The third-order valence-electron chi connectivity index (χ3n) is 6.19. The van der Waals surface area contributed by atoms with E-state index in [2.05, 4.69) is 42.0 Å². The molecule has 0 bridgehead atoms. The number of nitrogens with zero attached hydrogens (tertiary/aromatic N) is 3. The number of nitrogens with one attached hydrogen (secondary N) is 1. The number of thiazole rings is 1. The molecule has 6 nitrogen and oxygen atoms in total. The minimum Gasteiger partial charge on any atom is -0.495 e. The van der Waals surface area contributed by atoms with Crippen molar-refractivity contribution in [3.05, 3.63) is 68.6 Å². The fourth-order valence-electron chi connectivity index (χ4n) is 4.35. The summed E-state index contributed by atoms with van der Waals surface area (Å²) in [6.45, 7) is 10.00. The minimum absolute atomic E-state index is 0.0500. The molecule has 1 fully saturated rings. The topological polar surface area (TPSA) is 57.7 Å². The Balaban J connectivity index is 1.38. The van der Waals surface area contributed by atoms with Crippen molar-refractivity contribution in [2.45, 2.75) is 32.6 Å². The van der Waals surface area contributed by atoms with Crippen molar-refractivity contribution < 1.29 is 9.53 Å². The smallest absolute Gasteiger partial charge is 0.240 e. The first-order valence-corrected chi connectivity index (χ1v) is 13.6. The second-order valence-corrected chi connectivity index (χ2v) is 11.9. The van der Waals surface area contributed by atoms with Gasteiger partial charge in [0.25, 0.3) is 0 Å². The molecule has 1 saturated heterocycles. The first-order valence-electron chi connectivity index (χ1n) is 12.0. The number of aromatic nitrogens is 1. The quantitative estimate of drug-likeness (QED) is 0.387. The Morgan fingerprint density at radius 1 is 1.11 bits per heavy atom. The van der Waals surface area contributed by atoms with Crippen molar-refractivity contribution in [1.29, 1.82) is 0 Å². The van der Waals surface area contributed by atoms with Crippen LogP contribution >= 0.6 is 34.5 Å². The van der Waals surface area contributed by atoms with Gasteiger partial charge >= 0.3 is 0 Å². The van der Waals surface area contributed by atoms with Gasteiger partial charge in [-0.15, -0.1) is 11.3 Å². The van der Waals surface area contributed by atoms with Crippen LogP contribution < -0.4 is 15.0 Å². The monoisotopic (exact) mass is 546 g/mol. The van der Waals surface area contributed by atoms with Crippen molar-refractivity contribution >= 4 is 51.3 Å². The zero-order valence-corrected chi connectivity index (χ0v) is 23.4. The van der Waals surface area contributed by atoms with Gasteiger partial charge in [-0.2, -0.15) is 0 Å². The molecule has 1 aliphatic heterocycles. The van der Waals surface area contributed by atoms with E-state index in [1.54, 1.807) is 13.2 Å². The summed E-state index contributed by atoms with van der Waals surface area (Å²) in [5.74, 6) is 0.823. The Hall–Kier alpha value is -2.32. The molecule has 192 valence electrons. The Bertz CT molecular complexity index is 1220. The van der Waals surface area contributed by atoms with Gasteiger partial charge in [0.15, 0.2) is 5.13 Å². The normalized spacial score (nSPS) is 14.7. The molecule has 0 aliphatic carbocycles. The molecule has 2 heterocycles. The number of methoxy groups -OCH3 is 1. The highest BCUT2D eigenvalue weighted by Crippen LogP contribution is 2.35. The van der Waals surface area contributed by atoms with E-state index in [1.807, 2.05) is 30.3 Å². The molecule has 2 aromatic carbocycles. The highest BCUT2D eigenvalue weighted by Gasteiger charge is 2.26. The predicted molar refractivity (Wildman–Crippen MR) is 150 cm³/mol. The lowest BCUT2D eigenvalue weighted by Gasteiger charge is -2.36. The molecule has 0 spiro atoms. The molecule has 36 heavy (non-hydrogen) atoms. The number of benzene rings is 2. The number of carbonyl (C=O) groups excluding carboxylic acids is 1. The van der Waals surface area contributed by atoms with Crippen LogP contribution in [0.2, 0.25) is 10.0 Å². The highest BCUT2D eigenvalue weighted by atomic mass is 35.5. The average Bonchev–Trinajstić information content (AvgIpc) is 3.24. The van der Waals surface area contributed by atoms with Gasteiger partial charge in [-0.25, -0.2) is 4.98 Å². The van der Waals surface area contributed by atoms with Crippen molar-refractivity contribution in [1.82, 2.24) is 9.88 Å². The summed E-state index contributed by atoms with van der Waals surface area (Å²) in [5, 5.41) is 4.90. The number of hydrogen-bond acceptors (Lipinski definition) is 6. The van der Waals surface area contributed by atoms with Crippen LogP contribution in [0.15, 0.2) is 42.5 Å². The molecule has 0 saturated carbocycles. The first-order chi connectivity index (χ1) is 17.1. The van der Waals surface area contributed by atoms with Gasteiger partial charge in [0, 0.05) is 52.9 Å². The SMILES string of the molecule is COc1ccccc1N1CCN(CC(=O)Nc2nc(C(C)(C)C)c(Cc3ccc(Cl)cc3Cl)s2)CC1. The van der Waals surface area contributed by atoms with Crippen molar-refractivity contribution in [3.8, 4) is 5.75 Å². The van der Waals surface area contributed by atoms with Crippen LogP contribution in [0.4, 0.5) is 10.8 Å². The summed E-state index contributed by atoms with van der Waals surface area (Å²) in [4.78, 5) is 23.3. The molecular weight excluding hydrogens is 515 g/mol. The van der Waals surface area contributed by atoms with Gasteiger partial charge in [-0.1, -0.05) is 62.2 Å². The zero-order valence-electron chi connectivity index (χ0n) is 21.1. The minimum atomic E-state index is -0.164. The lowest BCUT2D eigenvalue weighted by Crippen LogP contribution is -2.48. The third-order valence-corrected chi connectivity index (χ3v) is 7.74. The molecule has 1 aromatic heterocycles. The fourth-order valence-corrected chi connectivity index (χ4v) is 6.04. The van der Waals surface area contributed by atoms with E-state index in [0.29, 0.717) is 28.1 Å². The van der Waals surface area contributed by atoms with E-state index in [1.165, 1.54) is 11.3 Å². The summed E-state index contributed by atoms with van der Waals surface area (Å²) in [6, 6.07) is 13.6. The summed E-state index contributed by atoms with van der Waals surface area (Å²) < 4.78 is 5.50. The summed E-state index contributed by atoms with van der Waals surface area (Å²) >= 11 is 14.0. The van der Waals surface area contributed by atoms with E-state index in [9.17, 15) is 4.79 Å². The van der Waals surface area contributed by atoms with Crippen LogP contribution in [-0.4, -0.2) is 55.6 Å². The Morgan fingerprint density at radius 2 is 1.83 bits per heavy atom. The van der Waals surface area contributed by atoms with E-state index >= 15 is 0 Å². The molecule has 1 aliphatic rings. The van der Waals surface area contributed by atoms with Crippen molar-refractivity contribution in [2.75, 3.05) is 50.1 Å². The molecule has 3 aromatic rings. The number of ether oxygens (including phenoxy) is 1. The lowest BCUT2D eigenvalue weighted by molar-refractivity contribution is -0.117. The Kier molecular flexibility index (Phi) is 8.45. The van der Waals surface area contributed by atoms with Crippen LogP contribution in [-0.2, 0) is 16.6 Å². The van der Waals surface area contributed by atoms with Gasteiger partial charge in [0.2, 0.25) is 5.91 Å². The number of carbonyl (C=O) groups is 1. The molecule has 0 radical (unpaired) electrons. The zero-order chi connectivity index (χ0) is 25.9. The molecular formula is C27H32Cl2N4O2S. The van der Waals surface area contributed by atoms with Crippen molar-refractivity contribution in [2.24, 2.45) is 0 Å². The summed E-state index contributed by atoms with van der Waals surface area (Å²) in [5.41, 5.74) is 2.89. The van der Waals surface area contributed by atoms with Crippen LogP contribution in [0.3, 0.4) is 0 Å². The third kappa shape index (κ3) is 6.51. The van der Waals surface area contributed by atoms with Crippen LogP contribution in [0.1, 0.15) is 36.9 Å². The Labute approximate surface area is 227 Å². The first kappa shape index (κ1) is 26.7. The largest absolute Gasteiger partial charge is 0.495 e. The van der Waals surface area contributed by atoms with Gasteiger partial charge in [0.05, 0.1) is 25.0 Å². The molecule has 0 unspecified atom stereocenters. The lowest BCUT2D eigenvalue weighted by atomic mass is 9.90. The highest BCUT2D eigenvalue weighted by molar-refractivity contribution is 7.15. The van der Waals surface area contributed by atoms with Crippen LogP contribution in [0, 0.1) is 0 Å². The van der Waals surface area contributed by atoms with E-state index < -0.39 is 0 Å². The van der Waals surface area contributed by atoms with Gasteiger partial charge in [-0.3, -0.25) is 9.69 Å². The van der Waals surface area contributed by atoms with Crippen molar-refractivity contribution in [3.63, 3.8) is 0 Å². The van der Waals surface area contributed by atoms with Crippen LogP contribution in [0.25, 0.3) is 0 Å². The number of anilines is 2. The molecule has 1 N–H and O–H groups in total. The second-order valence-electron chi connectivity index (χ2n) is 9.94. The average molecular weight is 548 g/mol. The van der Waals surface area contributed by atoms with Gasteiger partial charge in [0.1, 0.15) is 5.75 Å². The van der Waals surface area contributed by atoms with E-state index in [-0.39, 0.29) is 11.3 Å². The maximum absolute atomic E-state index is 12.9. The molecule has 9 heteroatoms. The standard InChI is InChI=1S/C27H32Cl2N4O2S/c1-27(2,3)25-23(15-18-9-10-19(28)16-20(18)29)36-26(31-25)30-24(34)17-32-11-13-33(14-12-32)21-7-5-6-8-22(21)35-4/h5-10,16H,11-15,17H2,1-4H3,(H,30,31,34). The number of hydrogen-bond donors (Lipinski definition) is 1. The second kappa shape index (κ2) is 11.4. The molecule has 0 atom stereocenters. The van der Waals surface area contributed by atoms with E-state index in [0.717, 1.165) is 53.8 Å². The number of piperazine rings is 1.